The number of amides is 3. The smallest absolute Gasteiger partial charge is 0.252 e. The molecule has 3 amide bonds. The van der Waals surface area contributed by atoms with E-state index in [1.165, 1.54) is 4.90 Å². The third-order valence-electron chi connectivity index (χ3n) is 3.30. The second-order valence-corrected chi connectivity index (χ2v) is 5.14. The number of hydrogen-bond acceptors (Lipinski definition) is 4. The number of hydrogen-bond donors (Lipinski definition) is 2. The molecule has 0 saturated carbocycles. The number of para-hydroxylation sites is 1. The molecule has 0 radical (unpaired) electrons. The zero-order valence-corrected chi connectivity index (χ0v) is 11.5. The Bertz CT molecular complexity index is 540. The van der Waals surface area contributed by atoms with E-state index in [-0.39, 0.29) is 19.0 Å². The van der Waals surface area contributed by atoms with Gasteiger partial charge < -0.3 is 10.2 Å². The van der Waals surface area contributed by atoms with Crippen molar-refractivity contribution in [3.05, 3.63) is 30.3 Å². The van der Waals surface area contributed by atoms with Crippen LogP contribution in [-0.4, -0.2) is 41.2 Å². The molecule has 1 aliphatic heterocycles. The normalized spacial score (nSPS) is 17.6. The molecule has 2 N–H and O–H groups in total. The van der Waals surface area contributed by atoms with Crippen LogP contribution >= 0.6 is 0 Å². The number of carbonyl (C=O) groups excluding carboxylic acids is 3. The predicted octanol–water partition coefficient (Wildman–Crippen LogP) is 0.362. The van der Waals surface area contributed by atoms with Crippen molar-refractivity contribution in [3.63, 3.8) is 0 Å². The van der Waals surface area contributed by atoms with E-state index < -0.39 is 17.4 Å². The van der Waals surface area contributed by atoms with Crippen LogP contribution in [0, 0.1) is 0 Å². The van der Waals surface area contributed by atoms with E-state index in [4.69, 9.17) is 0 Å². The van der Waals surface area contributed by atoms with Crippen LogP contribution < -0.4 is 10.6 Å². The molecule has 0 spiro atoms. The van der Waals surface area contributed by atoms with E-state index in [9.17, 15) is 14.4 Å². The first kappa shape index (κ1) is 14.0. The van der Waals surface area contributed by atoms with E-state index in [0.717, 1.165) is 5.69 Å². The summed E-state index contributed by atoms with van der Waals surface area (Å²) in [6.07, 6.45) is 0. The highest BCUT2D eigenvalue weighted by Gasteiger charge is 2.43. The van der Waals surface area contributed by atoms with Crippen molar-refractivity contribution in [1.82, 2.24) is 10.2 Å². The number of anilines is 1. The molecule has 1 heterocycles. The minimum atomic E-state index is -1.02. The summed E-state index contributed by atoms with van der Waals surface area (Å²) < 4.78 is 0. The van der Waals surface area contributed by atoms with Gasteiger partial charge in [0.1, 0.15) is 12.1 Å². The highest BCUT2D eigenvalue weighted by molar-refractivity contribution is 6.06. The lowest BCUT2D eigenvalue weighted by Gasteiger charge is -2.40. The van der Waals surface area contributed by atoms with Gasteiger partial charge in [-0.1, -0.05) is 18.2 Å². The van der Waals surface area contributed by atoms with E-state index >= 15 is 0 Å². The quantitative estimate of drug-likeness (QED) is 0.781. The average molecular weight is 275 g/mol. The molecule has 6 nitrogen and oxygen atoms in total. The second-order valence-electron chi connectivity index (χ2n) is 5.14. The lowest BCUT2D eigenvalue weighted by atomic mass is 9.98. The summed E-state index contributed by atoms with van der Waals surface area (Å²) in [5.41, 5.74) is -0.213. The van der Waals surface area contributed by atoms with Crippen molar-refractivity contribution in [1.29, 1.82) is 0 Å². The van der Waals surface area contributed by atoms with E-state index in [1.54, 1.807) is 13.8 Å². The Balaban J connectivity index is 2.04. The van der Waals surface area contributed by atoms with E-state index in [0.29, 0.717) is 0 Å². The highest BCUT2D eigenvalue weighted by Crippen LogP contribution is 2.18. The molecular formula is C14H17N3O3. The molecule has 1 aliphatic rings. The summed E-state index contributed by atoms with van der Waals surface area (Å²) in [5, 5.41) is 5.21. The lowest BCUT2D eigenvalue weighted by molar-refractivity contribution is -0.154. The van der Waals surface area contributed by atoms with Crippen molar-refractivity contribution in [2.24, 2.45) is 0 Å². The average Bonchev–Trinajstić information content (AvgIpc) is 2.41. The van der Waals surface area contributed by atoms with E-state index in [2.05, 4.69) is 10.6 Å². The van der Waals surface area contributed by atoms with Crippen molar-refractivity contribution in [2.75, 3.05) is 18.4 Å². The molecule has 2 rings (SSSR count). The Morgan fingerprint density at radius 3 is 2.60 bits per heavy atom. The van der Waals surface area contributed by atoms with Crippen molar-refractivity contribution in [3.8, 4) is 0 Å². The maximum absolute atomic E-state index is 12.2. The fraction of sp³-hybridized carbons (Fsp3) is 0.357. The molecule has 20 heavy (non-hydrogen) atoms. The number of rotatable bonds is 3. The molecule has 0 atom stereocenters. The standard InChI is InChI=1S/C14H17N3O3/c1-14(2)13(20)16-11(18)9-17(14)12(19)8-15-10-6-4-3-5-7-10/h3-7,15H,8-9H2,1-2H3,(H,16,18,20). The van der Waals surface area contributed by atoms with Gasteiger partial charge in [-0.05, 0) is 26.0 Å². The number of nitrogens with zero attached hydrogens (tertiary/aromatic N) is 1. The molecule has 1 fully saturated rings. The molecule has 1 saturated heterocycles. The van der Waals surface area contributed by atoms with Gasteiger partial charge in [-0.15, -0.1) is 0 Å². The van der Waals surface area contributed by atoms with E-state index in [1.807, 2.05) is 30.3 Å². The predicted molar refractivity (Wildman–Crippen MR) is 73.9 cm³/mol. The Morgan fingerprint density at radius 1 is 1.30 bits per heavy atom. The minimum Gasteiger partial charge on any atom is -0.376 e. The summed E-state index contributed by atoms with van der Waals surface area (Å²) in [4.78, 5) is 36.7. The highest BCUT2D eigenvalue weighted by atomic mass is 16.2. The summed E-state index contributed by atoms with van der Waals surface area (Å²) in [7, 11) is 0. The second kappa shape index (κ2) is 5.32. The lowest BCUT2D eigenvalue weighted by Crippen LogP contribution is -2.66. The first-order valence-corrected chi connectivity index (χ1v) is 6.35. The number of imide groups is 1. The summed E-state index contributed by atoms with van der Waals surface area (Å²) in [5.74, 6) is -1.20. The zero-order chi connectivity index (χ0) is 14.8. The van der Waals surface area contributed by atoms with Crippen LogP contribution in [-0.2, 0) is 14.4 Å². The van der Waals surface area contributed by atoms with Gasteiger partial charge in [0.15, 0.2) is 0 Å². The number of benzene rings is 1. The van der Waals surface area contributed by atoms with Gasteiger partial charge in [0.05, 0.1) is 6.54 Å². The fourth-order valence-corrected chi connectivity index (χ4v) is 2.01. The van der Waals surface area contributed by atoms with Gasteiger partial charge in [-0.2, -0.15) is 0 Å². The van der Waals surface area contributed by atoms with Crippen molar-refractivity contribution in [2.45, 2.75) is 19.4 Å². The van der Waals surface area contributed by atoms with Gasteiger partial charge in [0.2, 0.25) is 11.8 Å². The monoisotopic (exact) mass is 275 g/mol. The van der Waals surface area contributed by atoms with Crippen molar-refractivity contribution < 1.29 is 14.4 Å². The van der Waals surface area contributed by atoms with Gasteiger partial charge in [0.25, 0.3) is 5.91 Å². The fourth-order valence-electron chi connectivity index (χ4n) is 2.01. The SMILES string of the molecule is CC1(C)C(=O)NC(=O)CN1C(=O)CNc1ccccc1. The number of piperazine rings is 1. The summed E-state index contributed by atoms with van der Waals surface area (Å²) in [6, 6.07) is 9.27. The first-order valence-electron chi connectivity index (χ1n) is 6.35. The maximum atomic E-state index is 12.2. The third-order valence-corrected chi connectivity index (χ3v) is 3.30. The molecule has 6 heteroatoms. The Labute approximate surface area is 117 Å². The molecular weight excluding hydrogens is 258 g/mol. The topological polar surface area (TPSA) is 78.5 Å². The molecule has 0 bridgehead atoms. The van der Waals surface area contributed by atoms with Crippen LogP contribution in [0.2, 0.25) is 0 Å². The molecule has 0 aromatic heterocycles. The number of carbonyl (C=O) groups is 3. The number of nitrogens with one attached hydrogen (secondary N) is 2. The molecule has 1 aromatic carbocycles. The van der Waals surface area contributed by atoms with Crippen molar-refractivity contribution >= 4 is 23.4 Å². The van der Waals surface area contributed by atoms with Gasteiger partial charge in [-0.25, -0.2) is 0 Å². The van der Waals surface area contributed by atoms with Gasteiger partial charge in [-0.3, -0.25) is 19.7 Å². The van der Waals surface area contributed by atoms with Crippen LogP contribution in [0.1, 0.15) is 13.8 Å². The summed E-state index contributed by atoms with van der Waals surface area (Å²) in [6.45, 7) is 3.17. The van der Waals surface area contributed by atoms with Gasteiger partial charge >= 0.3 is 0 Å². The molecule has 1 aromatic rings. The largest absolute Gasteiger partial charge is 0.376 e. The summed E-state index contributed by atoms with van der Waals surface area (Å²) >= 11 is 0. The van der Waals surface area contributed by atoms with Crippen LogP contribution in [0.25, 0.3) is 0 Å². The van der Waals surface area contributed by atoms with Crippen LogP contribution in [0.15, 0.2) is 30.3 Å². The zero-order valence-electron chi connectivity index (χ0n) is 11.5. The molecule has 0 aliphatic carbocycles. The van der Waals surface area contributed by atoms with Gasteiger partial charge in [0, 0.05) is 5.69 Å². The Hall–Kier alpha value is -2.37. The Morgan fingerprint density at radius 2 is 1.95 bits per heavy atom. The first-order chi connectivity index (χ1) is 9.41. The molecule has 0 unspecified atom stereocenters. The third kappa shape index (κ3) is 2.79. The van der Waals surface area contributed by atoms with Crippen LogP contribution in [0.4, 0.5) is 5.69 Å². The van der Waals surface area contributed by atoms with Crippen LogP contribution in [0.5, 0.6) is 0 Å². The van der Waals surface area contributed by atoms with Crippen LogP contribution in [0.3, 0.4) is 0 Å². The molecule has 106 valence electrons. The minimum absolute atomic E-state index is 0.0357. The Kier molecular flexibility index (Phi) is 3.74. The maximum Gasteiger partial charge on any atom is 0.252 e.